The van der Waals surface area contributed by atoms with Gasteiger partial charge in [-0.2, -0.15) is 17.5 Å². The summed E-state index contributed by atoms with van der Waals surface area (Å²) in [6.07, 6.45) is -9.17. The van der Waals surface area contributed by atoms with Crippen LogP contribution in [0.25, 0.3) is 0 Å². The minimum absolute atomic E-state index is 0.0573. The summed E-state index contributed by atoms with van der Waals surface area (Å²) in [4.78, 5) is 24.8. The zero-order chi connectivity index (χ0) is 26.9. The summed E-state index contributed by atoms with van der Waals surface area (Å²) in [6, 6.07) is 3.86. The van der Waals surface area contributed by atoms with E-state index in [2.05, 4.69) is 4.74 Å². The number of carbonyl (C=O) groups excluding carboxylic acids is 2. The minimum Gasteiger partial charge on any atom is -0.428 e. The lowest BCUT2D eigenvalue weighted by atomic mass is 9.89. The third kappa shape index (κ3) is 6.55. The second kappa shape index (κ2) is 10.9. The van der Waals surface area contributed by atoms with Gasteiger partial charge in [0.25, 0.3) is 6.10 Å². The van der Waals surface area contributed by atoms with Crippen molar-refractivity contribution in [3.63, 3.8) is 0 Å². The van der Waals surface area contributed by atoms with E-state index >= 15 is 0 Å². The number of alkyl halides is 3. The molecule has 1 aromatic rings. The summed E-state index contributed by atoms with van der Waals surface area (Å²) in [5.41, 5.74) is 2.49. The van der Waals surface area contributed by atoms with Gasteiger partial charge in [-0.25, -0.2) is 13.2 Å². The molecule has 1 amide bonds. The van der Waals surface area contributed by atoms with Crippen LogP contribution in [0.2, 0.25) is 0 Å². The Morgan fingerprint density at radius 3 is 1.69 bits per heavy atom. The van der Waals surface area contributed by atoms with Gasteiger partial charge in [-0.05, 0) is 41.4 Å². The van der Waals surface area contributed by atoms with Crippen molar-refractivity contribution >= 4 is 21.9 Å². The van der Waals surface area contributed by atoms with Gasteiger partial charge >= 0.3 is 12.3 Å². The number of ether oxygens (including phenoxy) is 1. The molecule has 2 rings (SSSR count). The molecule has 0 N–H and O–H groups in total. The van der Waals surface area contributed by atoms with E-state index in [0.717, 1.165) is 21.6 Å². The van der Waals surface area contributed by atoms with Gasteiger partial charge in [0.2, 0.25) is 10.0 Å². The van der Waals surface area contributed by atoms with E-state index in [-0.39, 0.29) is 48.8 Å². The van der Waals surface area contributed by atoms with Crippen LogP contribution in [-0.2, 0) is 19.6 Å². The number of hydrogen-bond acceptors (Lipinski definition) is 5. The second-order valence-electron chi connectivity index (χ2n) is 9.80. The van der Waals surface area contributed by atoms with Crippen molar-refractivity contribution in [2.75, 3.05) is 26.2 Å². The fourth-order valence-electron chi connectivity index (χ4n) is 3.98. The van der Waals surface area contributed by atoms with E-state index in [1.165, 1.54) is 4.31 Å². The molecule has 1 aliphatic rings. The Kier molecular flexibility index (Phi) is 9.03. The van der Waals surface area contributed by atoms with E-state index < -0.39 is 34.2 Å². The molecule has 0 spiro atoms. The minimum atomic E-state index is -5.02. The van der Waals surface area contributed by atoms with Crippen molar-refractivity contribution in [1.29, 1.82) is 0 Å². The maximum Gasteiger partial charge on any atom is 0.432 e. The average molecular weight is 521 g/mol. The average Bonchev–Trinajstić information content (AvgIpc) is 2.75. The Bertz CT molecular complexity index is 1010. The van der Waals surface area contributed by atoms with Crippen molar-refractivity contribution in [1.82, 2.24) is 9.21 Å². The zero-order valence-corrected chi connectivity index (χ0v) is 22.1. The Labute approximate surface area is 205 Å². The maximum atomic E-state index is 13.8. The monoisotopic (exact) mass is 520 g/mol. The predicted molar refractivity (Wildman–Crippen MR) is 126 cm³/mol. The normalized spacial score (nSPS) is 16.8. The van der Waals surface area contributed by atoms with Crippen LogP contribution in [0.4, 0.5) is 18.0 Å². The Balaban J connectivity index is 2.32. The van der Waals surface area contributed by atoms with Crippen molar-refractivity contribution in [2.45, 2.75) is 83.4 Å². The molecule has 1 unspecified atom stereocenters. The largest absolute Gasteiger partial charge is 0.432 e. The van der Waals surface area contributed by atoms with Gasteiger partial charge < -0.3 is 9.64 Å². The number of Topliss-reactive ketones (excluding diaryl/α,β-unsaturated/α-hetero) is 1. The maximum absolute atomic E-state index is 13.8. The van der Waals surface area contributed by atoms with Gasteiger partial charge in [-0.1, -0.05) is 53.7 Å². The molecule has 1 aliphatic heterocycles. The quantitative estimate of drug-likeness (QED) is 0.504. The molecule has 1 atom stereocenters. The third-order valence-corrected chi connectivity index (χ3v) is 8.09. The summed E-state index contributed by atoms with van der Waals surface area (Å²) in [5, 5.41) is 0. The lowest BCUT2D eigenvalue weighted by molar-refractivity contribution is -0.204. The smallest absolute Gasteiger partial charge is 0.428 e. The molecule has 198 valence electrons. The molecule has 1 saturated heterocycles. The van der Waals surface area contributed by atoms with Gasteiger partial charge in [0.05, 0.1) is 4.90 Å². The standard InChI is InChI=1S/C24H35F3N2O5S/c1-14(2)18-12-19(15(3)4)21(20(13-18)16(5)6)35(32,33)29-10-8-28(9-11-29)23(31)34-22(17(7)30)24(25,26)27/h12-16,22H,8-11H2,1-7H3. The second-order valence-corrected chi connectivity index (χ2v) is 11.7. The number of amides is 1. The molecule has 7 nitrogen and oxygen atoms in total. The molecule has 35 heavy (non-hydrogen) atoms. The van der Waals surface area contributed by atoms with E-state index in [1.54, 1.807) is 0 Å². The molecule has 0 saturated carbocycles. The van der Waals surface area contributed by atoms with Crippen LogP contribution in [-0.4, -0.2) is 68.0 Å². The molecule has 1 fully saturated rings. The van der Waals surface area contributed by atoms with Crippen molar-refractivity contribution in [2.24, 2.45) is 0 Å². The molecular formula is C24H35F3N2O5S. The van der Waals surface area contributed by atoms with Crippen LogP contribution >= 0.6 is 0 Å². The topological polar surface area (TPSA) is 84.0 Å². The number of sulfonamides is 1. The highest BCUT2D eigenvalue weighted by molar-refractivity contribution is 7.89. The number of piperazine rings is 1. The SMILES string of the molecule is CC(=O)C(OC(=O)N1CCN(S(=O)(=O)c2c(C(C)C)cc(C(C)C)cc2C(C)C)CC1)C(F)(F)F. The highest BCUT2D eigenvalue weighted by Crippen LogP contribution is 2.37. The van der Waals surface area contributed by atoms with Crippen molar-refractivity contribution in [3.05, 3.63) is 28.8 Å². The summed E-state index contributed by atoms with van der Waals surface area (Å²) in [5.74, 6) is -1.23. The van der Waals surface area contributed by atoms with E-state index in [1.807, 2.05) is 53.7 Å². The van der Waals surface area contributed by atoms with Crippen LogP contribution in [0.5, 0.6) is 0 Å². The number of carbonyl (C=O) groups is 2. The fourth-order valence-corrected chi connectivity index (χ4v) is 6.07. The van der Waals surface area contributed by atoms with Crippen LogP contribution < -0.4 is 0 Å². The van der Waals surface area contributed by atoms with Crippen LogP contribution in [0.1, 0.15) is 82.9 Å². The molecule has 0 aliphatic carbocycles. The Hall–Kier alpha value is -2.14. The fraction of sp³-hybridized carbons (Fsp3) is 0.667. The number of halogens is 3. The first kappa shape index (κ1) is 29.1. The predicted octanol–water partition coefficient (Wildman–Crippen LogP) is 5.02. The van der Waals surface area contributed by atoms with Crippen LogP contribution in [0.15, 0.2) is 17.0 Å². The van der Waals surface area contributed by atoms with E-state index in [4.69, 9.17) is 0 Å². The molecule has 0 radical (unpaired) electrons. The molecule has 1 heterocycles. The molecular weight excluding hydrogens is 485 g/mol. The number of benzene rings is 1. The molecule has 1 aromatic carbocycles. The van der Waals surface area contributed by atoms with E-state index in [9.17, 15) is 31.2 Å². The third-order valence-electron chi connectivity index (χ3n) is 6.06. The number of ketones is 1. The first-order valence-corrected chi connectivity index (χ1v) is 13.1. The summed E-state index contributed by atoms with van der Waals surface area (Å²) in [7, 11) is -3.94. The molecule has 0 aromatic heterocycles. The number of rotatable bonds is 7. The number of nitrogens with zero attached hydrogens (tertiary/aromatic N) is 2. The lowest BCUT2D eigenvalue weighted by Crippen LogP contribution is -2.52. The van der Waals surface area contributed by atoms with E-state index in [0.29, 0.717) is 6.92 Å². The Morgan fingerprint density at radius 1 is 0.886 bits per heavy atom. The van der Waals surface area contributed by atoms with Crippen molar-refractivity contribution < 1.29 is 35.9 Å². The first-order chi connectivity index (χ1) is 16.0. The van der Waals surface area contributed by atoms with Gasteiger partial charge in [-0.3, -0.25) is 4.79 Å². The highest BCUT2D eigenvalue weighted by atomic mass is 32.2. The summed E-state index contributed by atoms with van der Waals surface area (Å²) in [6.45, 7) is 12.0. The van der Waals surface area contributed by atoms with Gasteiger partial charge in [-0.15, -0.1) is 0 Å². The molecule has 11 heteroatoms. The highest BCUT2D eigenvalue weighted by Gasteiger charge is 2.47. The van der Waals surface area contributed by atoms with Crippen LogP contribution in [0.3, 0.4) is 0 Å². The lowest BCUT2D eigenvalue weighted by Gasteiger charge is -2.35. The number of hydrogen-bond donors (Lipinski definition) is 0. The summed E-state index contributed by atoms with van der Waals surface area (Å²) >= 11 is 0. The van der Waals surface area contributed by atoms with Crippen molar-refractivity contribution in [3.8, 4) is 0 Å². The van der Waals surface area contributed by atoms with Gasteiger partial charge in [0, 0.05) is 26.2 Å². The first-order valence-electron chi connectivity index (χ1n) is 11.7. The zero-order valence-electron chi connectivity index (χ0n) is 21.3. The van der Waals surface area contributed by atoms with Gasteiger partial charge in [0.1, 0.15) is 0 Å². The summed E-state index contributed by atoms with van der Waals surface area (Å²) < 4.78 is 72.2. The van der Waals surface area contributed by atoms with Crippen LogP contribution in [0, 0.1) is 0 Å². The van der Waals surface area contributed by atoms with Gasteiger partial charge in [0.15, 0.2) is 5.78 Å². The Morgan fingerprint density at radius 2 is 1.34 bits per heavy atom. The molecule has 0 bridgehead atoms.